The topological polar surface area (TPSA) is 45.2 Å². The number of hydrogen-bond acceptors (Lipinski definition) is 3. The largest absolute Gasteiger partial charge is 0.351 e. The summed E-state index contributed by atoms with van der Waals surface area (Å²) in [6.45, 7) is 5.64. The molecule has 1 saturated heterocycles. The Balaban J connectivity index is 1.65. The molecule has 144 valence electrons. The molecule has 0 unspecified atom stereocenters. The van der Waals surface area contributed by atoms with Gasteiger partial charge in [-0.3, -0.25) is 4.79 Å². The van der Waals surface area contributed by atoms with Crippen molar-refractivity contribution in [3.8, 4) is 11.3 Å². The fourth-order valence-electron chi connectivity index (χ4n) is 3.69. The Bertz CT molecular complexity index is 995. The van der Waals surface area contributed by atoms with Crippen molar-refractivity contribution >= 4 is 16.8 Å². The molecule has 2 heterocycles. The number of nitrogens with one attached hydrogen (secondary N) is 1. The summed E-state index contributed by atoms with van der Waals surface area (Å²) in [4.78, 5) is 19.9. The maximum atomic E-state index is 13.8. The molecule has 0 atom stereocenters. The van der Waals surface area contributed by atoms with Crippen LogP contribution in [0.4, 0.5) is 4.39 Å². The summed E-state index contributed by atoms with van der Waals surface area (Å²) in [5.74, 6) is -0.561. The second-order valence-electron chi connectivity index (χ2n) is 7.39. The van der Waals surface area contributed by atoms with Crippen LogP contribution in [0.15, 0.2) is 48.5 Å². The molecule has 0 bridgehead atoms. The first-order valence-corrected chi connectivity index (χ1v) is 9.78. The van der Waals surface area contributed by atoms with E-state index >= 15 is 0 Å². The van der Waals surface area contributed by atoms with Crippen molar-refractivity contribution in [1.29, 1.82) is 0 Å². The molecular formula is C23H24FN3O. The van der Waals surface area contributed by atoms with Gasteiger partial charge in [0.05, 0.1) is 16.8 Å². The first-order chi connectivity index (χ1) is 13.6. The number of carbonyl (C=O) groups is 1. The highest BCUT2D eigenvalue weighted by molar-refractivity contribution is 6.07. The number of fused-ring (bicyclic) bond motifs is 1. The third-order valence-corrected chi connectivity index (χ3v) is 5.27. The monoisotopic (exact) mass is 377 g/mol. The van der Waals surface area contributed by atoms with Crippen LogP contribution in [0, 0.1) is 12.7 Å². The number of aryl methyl sites for hydroxylation is 1. The summed E-state index contributed by atoms with van der Waals surface area (Å²) < 4.78 is 13.8. The Morgan fingerprint density at radius 1 is 1.11 bits per heavy atom. The fraction of sp³-hybridized carbons (Fsp3) is 0.304. The number of pyridine rings is 1. The number of likely N-dealkylation sites (tertiary alicyclic amines) is 1. The highest BCUT2D eigenvalue weighted by atomic mass is 19.1. The minimum atomic E-state index is -0.372. The predicted octanol–water partition coefficient (Wildman–Crippen LogP) is 4.17. The number of hydrogen-bond donors (Lipinski definition) is 1. The number of nitrogens with zero attached hydrogens (tertiary/aromatic N) is 2. The number of carbonyl (C=O) groups excluding carboxylic acids is 1. The predicted molar refractivity (Wildman–Crippen MR) is 110 cm³/mol. The van der Waals surface area contributed by atoms with E-state index in [2.05, 4.69) is 15.2 Å². The summed E-state index contributed by atoms with van der Waals surface area (Å²) in [6, 6.07) is 14.2. The number of benzene rings is 2. The van der Waals surface area contributed by atoms with E-state index in [1.165, 1.54) is 25.0 Å². The smallest absolute Gasteiger partial charge is 0.252 e. The van der Waals surface area contributed by atoms with E-state index < -0.39 is 0 Å². The lowest BCUT2D eigenvalue weighted by molar-refractivity contribution is 0.0951. The lowest BCUT2D eigenvalue weighted by Gasteiger charge is -2.15. The first kappa shape index (κ1) is 18.6. The highest BCUT2D eigenvalue weighted by Crippen LogP contribution is 2.26. The molecule has 5 heteroatoms. The van der Waals surface area contributed by atoms with Crippen LogP contribution in [-0.2, 0) is 0 Å². The summed E-state index contributed by atoms with van der Waals surface area (Å²) in [5.41, 5.74) is 3.88. The Labute approximate surface area is 164 Å². The van der Waals surface area contributed by atoms with Gasteiger partial charge in [-0.15, -0.1) is 0 Å². The zero-order valence-electron chi connectivity index (χ0n) is 16.0. The zero-order chi connectivity index (χ0) is 19.5. The molecule has 2 aromatic carbocycles. The van der Waals surface area contributed by atoms with E-state index in [1.54, 1.807) is 12.1 Å². The molecule has 1 amide bonds. The molecule has 1 aromatic heterocycles. The van der Waals surface area contributed by atoms with Gasteiger partial charge < -0.3 is 10.2 Å². The van der Waals surface area contributed by atoms with Crippen molar-refractivity contribution < 1.29 is 9.18 Å². The van der Waals surface area contributed by atoms with Crippen molar-refractivity contribution in [2.75, 3.05) is 26.2 Å². The van der Waals surface area contributed by atoms with E-state index in [1.807, 2.05) is 31.2 Å². The van der Waals surface area contributed by atoms with Gasteiger partial charge in [-0.05, 0) is 57.1 Å². The molecule has 0 aliphatic carbocycles. The molecule has 4 rings (SSSR count). The standard InChI is InChI=1S/C23H24FN3O/c1-16-4-6-17(7-5-16)22-15-20(19-14-18(24)8-9-21(19)26-22)23(28)25-10-13-27-11-2-3-12-27/h4-9,14-15H,2-3,10-13H2,1H3,(H,25,28). The van der Waals surface area contributed by atoms with Gasteiger partial charge in [0.15, 0.2) is 0 Å². The molecule has 1 N–H and O–H groups in total. The maximum absolute atomic E-state index is 13.8. The van der Waals surface area contributed by atoms with Gasteiger partial charge in [-0.25, -0.2) is 9.37 Å². The summed E-state index contributed by atoms with van der Waals surface area (Å²) in [6.07, 6.45) is 2.45. The average molecular weight is 377 g/mol. The van der Waals surface area contributed by atoms with Gasteiger partial charge in [-0.1, -0.05) is 29.8 Å². The van der Waals surface area contributed by atoms with Gasteiger partial charge in [0, 0.05) is 24.0 Å². The van der Waals surface area contributed by atoms with E-state index in [4.69, 9.17) is 0 Å². The summed E-state index contributed by atoms with van der Waals surface area (Å²) in [5, 5.41) is 3.53. The highest BCUT2D eigenvalue weighted by Gasteiger charge is 2.16. The molecular weight excluding hydrogens is 353 g/mol. The molecule has 1 fully saturated rings. The Morgan fingerprint density at radius 2 is 1.86 bits per heavy atom. The molecule has 0 radical (unpaired) electrons. The van der Waals surface area contributed by atoms with Gasteiger partial charge in [-0.2, -0.15) is 0 Å². The van der Waals surface area contributed by atoms with E-state index in [9.17, 15) is 9.18 Å². The van der Waals surface area contributed by atoms with Crippen LogP contribution in [0.3, 0.4) is 0 Å². The van der Waals surface area contributed by atoms with Crippen LogP contribution in [0.2, 0.25) is 0 Å². The fourth-order valence-corrected chi connectivity index (χ4v) is 3.69. The number of aromatic nitrogens is 1. The third kappa shape index (κ3) is 4.04. The molecule has 0 spiro atoms. The minimum absolute atomic E-state index is 0.189. The Morgan fingerprint density at radius 3 is 2.61 bits per heavy atom. The minimum Gasteiger partial charge on any atom is -0.351 e. The van der Waals surface area contributed by atoms with Crippen molar-refractivity contribution in [1.82, 2.24) is 15.2 Å². The van der Waals surface area contributed by atoms with E-state index in [0.29, 0.717) is 28.7 Å². The van der Waals surface area contributed by atoms with Gasteiger partial charge >= 0.3 is 0 Å². The third-order valence-electron chi connectivity index (χ3n) is 5.27. The normalized spacial score (nSPS) is 14.5. The second kappa shape index (κ2) is 8.07. The van der Waals surface area contributed by atoms with Gasteiger partial charge in [0.1, 0.15) is 5.82 Å². The lowest BCUT2D eigenvalue weighted by Crippen LogP contribution is -2.33. The average Bonchev–Trinajstić information content (AvgIpc) is 3.21. The van der Waals surface area contributed by atoms with Crippen molar-refractivity contribution in [3.05, 3.63) is 65.5 Å². The quantitative estimate of drug-likeness (QED) is 0.726. The SMILES string of the molecule is Cc1ccc(-c2cc(C(=O)NCCN3CCCC3)c3cc(F)ccc3n2)cc1. The van der Waals surface area contributed by atoms with Crippen LogP contribution in [-0.4, -0.2) is 42.0 Å². The summed E-state index contributed by atoms with van der Waals surface area (Å²) in [7, 11) is 0. The lowest BCUT2D eigenvalue weighted by atomic mass is 10.0. The molecule has 4 nitrogen and oxygen atoms in total. The van der Waals surface area contributed by atoms with Crippen molar-refractivity contribution in [3.63, 3.8) is 0 Å². The van der Waals surface area contributed by atoms with Crippen LogP contribution < -0.4 is 5.32 Å². The maximum Gasteiger partial charge on any atom is 0.252 e. The van der Waals surface area contributed by atoms with Crippen molar-refractivity contribution in [2.45, 2.75) is 19.8 Å². The van der Waals surface area contributed by atoms with Crippen LogP contribution >= 0.6 is 0 Å². The Hall–Kier alpha value is -2.79. The summed E-state index contributed by atoms with van der Waals surface area (Å²) >= 11 is 0. The molecule has 3 aromatic rings. The zero-order valence-corrected chi connectivity index (χ0v) is 16.0. The van der Waals surface area contributed by atoms with Gasteiger partial charge in [0.25, 0.3) is 5.91 Å². The van der Waals surface area contributed by atoms with E-state index in [-0.39, 0.29) is 11.7 Å². The molecule has 0 saturated carbocycles. The number of halogens is 1. The Kier molecular flexibility index (Phi) is 5.35. The number of rotatable bonds is 5. The second-order valence-corrected chi connectivity index (χ2v) is 7.39. The first-order valence-electron chi connectivity index (χ1n) is 9.78. The van der Waals surface area contributed by atoms with Crippen LogP contribution in [0.25, 0.3) is 22.2 Å². The molecule has 28 heavy (non-hydrogen) atoms. The van der Waals surface area contributed by atoms with Crippen LogP contribution in [0.5, 0.6) is 0 Å². The molecule has 1 aliphatic heterocycles. The van der Waals surface area contributed by atoms with Crippen LogP contribution in [0.1, 0.15) is 28.8 Å². The number of amides is 1. The van der Waals surface area contributed by atoms with E-state index in [0.717, 1.165) is 30.8 Å². The molecule has 1 aliphatic rings. The van der Waals surface area contributed by atoms with Crippen molar-refractivity contribution in [2.24, 2.45) is 0 Å². The van der Waals surface area contributed by atoms with Gasteiger partial charge in [0.2, 0.25) is 0 Å².